The van der Waals surface area contributed by atoms with Gasteiger partial charge >= 0.3 is 0 Å². The van der Waals surface area contributed by atoms with E-state index >= 15 is 0 Å². The van der Waals surface area contributed by atoms with Crippen LogP contribution >= 0.6 is 10.7 Å². The summed E-state index contributed by atoms with van der Waals surface area (Å²) in [4.78, 5) is 13.5. The molecule has 0 fully saturated rings. The van der Waals surface area contributed by atoms with Crippen molar-refractivity contribution >= 4 is 25.6 Å². The van der Waals surface area contributed by atoms with Crippen LogP contribution in [0.1, 0.15) is 24.2 Å². The number of rotatable bonds is 4. The molecule has 0 aliphatic carbocycles. The minimum atomic E-state index is -3.90. The van der Waals surface area contributed by atoms with Crippen molar-refractivity contribution in [1.82, 2.24) is 4.90 Å². The van der Waals surface area contributed by atoms with Gasteiger partial charge in [0.2, 0.25) is 0 Å². The molecule has 1 amide bonds. The fourth-order valence-corrected chi connectivity index (χ4v) is 2.60. The second kappa shape index (κ2) is 5.51. The first-order chi connectivity index (χ1) is 7.91. The number of benzene rings is 1. The Labute approximate surface area is 106 Å². The van der Waals surface area contributed by atoms with Gasteiger partial charge in [-0.25, -0.2) is 8.42 Å². The molecule has 17 heavy (non-hydrogen) atoms. The highest BCUT2D eigenvalue weighted by Crippen LogP contribution is 2.21. The number of halogens is 1. The fourth-order valence-electron chi connectivity index (χ4n) is 1.54. The largest absolute Gasteiger partial charge is 0.339 e. The summed E-state index contributed by atoms with van der Waals surface area (Å²) in [6.45, 7) is 4.70. The number of nitrogens with zero attached hydrogens (tertiary/aromatic N) is 1. The van der Waals surface area contributed by atoms with E-state index in [2.05, 4.69) is 0 Å². The van der Waals surface area contributed by atoms with Crippen molar-refractivity contribution < 1.29 is 13.2 Å². The lowest BCUT2D eigenvalue weighted by Crippen LogP contribution is -2.31. The minimum Gasteiger partial charge on any atom is -0.339 e. The van der Waals surface area contributed by atoms with Gasteiger partial charge < -0.3 is 4.90 Å². The molecular weight excluding hydrogens is 262 g/mol. The summed E-state index contributed by atoms with van der Waals surface area (Å²) in [6, 6.07) is 5.95. The Balaban J connectivity index is 3.28. The number of hydrogen-bond donors (Lipinski definition) is 0. The maximum atomic E-state index is 12.1. The Morgan fingerprint density at radius 3 is 2.24 bits per heavy atom. The van der Waals surface area contributed by atoms with E-state index in [1.165, 1.54) is 18.2 Å². The van der Waals surface area contributed by atoms with E-state index in [9.17, 15) is 13.2 Å². The quantitative estimate of drug-likeness (QED) is 0.791. The lowest BCUT2D eigenvalue weighted by Gasteiger charge is -2.19. The molecule has 0 atom stereocenters. The predicted octanol–water partition coefficient (Wildman–Crippen LogP) is 2.10. The molecule has 0 bridgehead atoms. The van der Waals surface area contributed by atoms with Crippen molar-refractivity contribution in [3.8, 4) is 0 Å². The molecule has 0 saturated heterocycles. The molecule has 0 spiro atoms. The van der Waals surface area contributed by atoms with E-state index in [4.69, 9.17) is 10.7 Å². The van der Waals surface area contributed by atoms with E-state index in [1.807, 2.05) is 13.8 Å². The van der Waals surface area contributed by atoms with Gasteiger partial charge in [-0.1, -0.05) is 12.1 Å². The van der Waals surface area contributed by atoms with Gasteiger partial charge in [-0.05, 0) is 26.0 Å². The standard InChI is InChI=1S/C11H14ClNO3S/c1-3-13(4-2)11(14)9-7-5-6-8-10(9)17(12,15)16/h5-8H,3-4H2,1-2H3. The van der Waals surface area contributed by atoms with Crippen LogP contribution in [0, 0.1) is 0 Å². The lowest BCUT2D eigenvalue weighted by atomic mass is 10.2. The number of hydrogen-bond acceptors (Lipinski definition) is 3. The van der Waals surface area contributed by atoms with Crippen molar-refractivity contribution in [1.29, 1.82) is 0 Å². The summed E-state index contributed by atoms with van der Waals surface area (Å²) in [5, 5.41) is 0. The average Bonchev–Trinajstić information content (AvgIpc) is 2.29. The zero-order valence-corrected chi connectivity index (χ0v) is 11.3. The Morgan fingerprint density at radius 1 is 1.24 bits per heavy atom. The van der Waals surface area contributed by atoms with Crippen LogP contribution in [0.5, 0.6) is 0 Å². The minimum absolute atomic E-state index is 0.117. The third-order valence-corrected chi connectivity index (χ3v) is 3.81. The van der Waals surface area contributed by atoms with Gasteiger partial charge in [0.1, 0.15) is 0 Å². The predicted molar refractivity (Wildman–Crippen MR) is 66.7 cm³/mol. The Bertz CT molecular complexity index is 509. The molecule has 94 valence electrons. The number of carbonyl (C=O) groups excluding carboxylic acids is 1. The van der Waals surface area contributed by atoms with Crippen LogP contribution in [-0.2, 0) is 9.05 Å². The number of carbonyl (C=O) groups is 1. The van der Waals surface area contributed by atoms with E-state index < -0.39 is 9.05 Å². The highest BCUT2D eigenvalue weighted by atomic mass is 35.7. The third-order valence-electron chi connectivity index (χ3n) is 2.43. The Morgan fingerprint density at radius 2 is 1.76 bits per heavy atom. The average molecular weight is 276 g/mol. The molecule has 0 aromatic heterocycles. The van der Waals surface area contributed by atoms with Crippen molar-refractivity contribution in [2.45, 2.75) is 18.7 Å². The van der Waals surface area contributed by atoms with Crippen molar-refractivity contribution in [2.75, 3.05) is 13.1 Å². The van der Waals surface area contributed by atoms with E-state index in [-0.39, 0.29) is 16.4 Å². The molecule has 0 aliphatic heterocycles. The molecule has 0 N–H and O–H groups in total. The van der Waals surface area contributed by atoms with Gasteiger partial charge in [-0.3, -0.25) is 4.79 Å². The van der Waals surface area contributed by atoms with Crippen LogP contribution in [0.3, 0.4) is 0 Å². The van der Waals surface area contributed by atoms with Crippen LogP contribution < -0.4 is 0 Å². The van der Waals surface area contributed by atoms with Gasteiger partial charge in [0.25, 0.3) is 15.0 Å². The second-order valence-electron chi connectivity index (χ2n) is 3.41. The first kappa shape index (κ1) is 14.0. The van der Waals surface area contributed by atoms with Crippen LogP contribution in [-0.4, -0.2) is 32.3 Å². The van der Waals surface area contributed by atoms with Gasteiger partial charge in [-0.2, -0.15) is 0 Å². The monoisotopic (exact) mass is 275 g/mol. The maximum absolute atomic E-state index is 12.1. The lowest BCUT2D eigenvalue weighted by molar-refractivity contribution is 0.0769. The molecule has 1 aromatic rings. The summed E-state index contributed by atoms with van der Waals surface area (Å²) in [5.74, 6) is -0.324. The highest BCUT2D eigenvalue weighted by Gasteiger charge is 2.22. The fraction of sp³-hybridized carbons (Fsp3) is 0.364. The van der Waals surface area contributed by atoms with E-state index in [1.54, 1.807) is 11.0 Å². The van der Waals surface area contributed by atoms with Crippen molar-refractivity contribution in [3.05, 3.63) is 29.8 Å². The highest BCUT2D eigenvalue weighted by molar-refractivity contribution is 8.13. The first-order valence-corrected chi connectivity index (χ1v) is 7.55. The van der Waals surface area contributed by atoms with Crippen molar-refractivity contribution in [3.63, 3.8) is 0 Å². The Kier molecular flexibility index (Phi) is 4.54. The van der Waals surface area contributed by atoms with Crippen molar-refractivity contribution in [2.24, 2.45) is 0 Å². The molecule has 1 rings (SSSR count). The molecule has 0 radical (unpaired) electrons. The normalized spacial score (nSPS) is 11.2. The first-order valence-electron chi connectivity index (χ1n) is 5.24. The molecule has 0 heterocycles. The topological polar surface area (TPSA) is 54.5 Å². The van der Waals surface area contributed by atoms with E-state index in [0.717, 1.165) is 0 Å². The molecule has 6 heteroatoms. The zero-order chi connectivity index (χ0) is 13.1. The van der Waals surface area contributed by atoms with E-state index in [0.29, 0.717) is 13.1 Å². The molecule has 0 saturated carbocycles. The third kappa shape index (κ3) is 3.20. The molecule has 4 nitrogen and oxygen atoms in total. The molecule has 0 unspecified atom stereocenters. The molecular formula is C11H14ClNO3S. The van der Waals surface area contributed by atoms with Gasteiger partial charge in [0.05, 0.1) is 10.5 Å². The van der Waals surface area contributed by atoms with Crippen LogP contribution in [0.25, 0.3) is 0 Å². The van der Waals surface area contributed by atoms with Gasteiger partial charge in [0.15, 0.2) is 0 Å². The van der Waals surface area contributed by atoms with Gasteiger partial charge in [0, 0.05) is 23.8 Å². The smallest absolute Gasteiger partial charge is 0.262 e. The summed E-state index contributed by atoms with van der Waals surface area (Å²) < 4.78 is 22.7. The van der Waals surface area contributed by atoms with Crippen LogP contribution in [0.15, 0.2) is 29.2 Å². The molecule has 1 aromatic carbocycles. The molecule has 0 aliphatic rings. The van der Waals surface area contributed by atoms with Crippen LogP contribution in [0.4, 0.5) is 0 Å². The zero-order valence-electron chi connectivity index (χ0n) is 9.68. The summed E-state index contributed by atoms with van der Waals surface area (Å²) in [5.41, 5.74) is 0.117. The van der Waals surface area contributed by atoms with Gasteiger partial charge in [-0.15, -0.1) is 0 Å². The Hall–Kier alpha value is -1.07. The summed E-state index contributed by atoms with van der Waals surface area (Å²) >= 11 is 0. The summed E-state index contributed by atoms with van der Waals surface area (Å²) in [6.07, 6.45) is 0. The maximum Gasteiger partial charge on any atom is 0.262 e. The number of amides is 1. The summed E-state index contributed by atoms with van der Waals surface area (Å²) in [7, 11) is 1.40. The van der Waals surface area contributed by atoms with Crippen LogP contribution in [0.2, 0.25) is 0 Å². The second-order valence-corrected chi connectivity index (χ2v) is 5.95. The SMILES string of the molecule is CCN(CC)C(=O)c1ccccc1S(=O)(=O)Cl.